The Balaban J connectivity index is 1.28. The molecule has 0 aromatic carbocycles. The van der Waals surface area contributed by atoms with Crippen molar-refractivity contribution in [3.63, 3.8) is 0 Å². The van der Waals surface area contributed by atoms with Crippen molar-refractivity contribution in [1.82, 2.24) is 0 Å². The van der Waals surface area contributed by atoms with Crippen LogP contribution in [0.25, 0.3) is 0 Å². The molecule has 0 heterocycles. The molecule has 3 aliphatic carbocycles. The maximum absolute atomic E-state index is 6.19. The van der Waals surface area contributed by atoms with Crippen LogP contribution in [0.3, 0.4) is 0 Å². The highest BCUT2D eigenvalue weighted by Crippen LogP contribution is 2.29. The summed E-state index contributed by atoms with van der Waals surface area (Å²) in [5, 5.41) is 0. The molecule has 2 atom stereocenters. The van der Waals surface area contributed by atoms with Gasteiger partial charge < -0.3 is 18.9 Å². The smallest absolute Gasteiger partial charge is 0.155 e. The van der Waals surface area contributed by atoms with E-state index in [4.69, 9.17) is 18.9 Å². The third-order valence-electron chi connectivity index (χ3n) is 6.67. The van der Waals surface area contributed by atoms with Gasteiger partial charge in [0.1, 0.15) is 0 Å². The average molecular weight is 383 g/mol. The SMILES string of the molecule is CC1CCC(OC(C)OC2CCC(OC(C)OC3CCCCC3)CC2)CC1. The highest BCUT2D eigenvalue weighted by atomic mass is 16.7. The summed E-state index contributed by atoms with van der Waals surface area (Å²) < 4.78 is 24.6. The summed E-state index contributed by atoms with van der Waals surface area (Å²) in [5.74, 6) is 0.862. The Hall–Kier alpha value is -0.160. The molecule has 158 valence electrons. The Labute approximate surface area is 166 Å². The summed E-state index contributed by atoms with van der Waals surface area (Å²) >= 11 is 0. The van der Waals surface area contributed by atoms with Crippen LogP contribution >= 0.6 is 0 Å². The Kier molecular flexibility index (Phi) is 8.89. The van der Waals surface area contributed by atoms with Crippen LogP contribution < -0.4 is 0 Å². The van der Waals surface area contributed by atoms with Gasteiger partial charge in [-0.25, -0.2) is 0 Å². The van der Waals surface area contributed by atoms with E-state index in [1.54, 1.807) is 0 Å². The van der Waals surface area contributed by atoms with Crippen molar-refractivity contribution in [1.29, 1.82) is 0 Å². The summed E-state index contributed by atoms with van der Waals surface area (Å²) in [6.45, 7) is 6.48. The molecule has 0 radical (unpaired) electrons. The van der Waals surface area contributed by atoms with Crippen molar-refractivity contribution >= 4 is 0 Å². The van der Waals surface area contributed by atoms with Gasteiger partial charge in [-0.05, 0) is 84.0 Å². The molecule has 0 saturated heterocycles. The quantitative estimate of drug-likeness (QED) is 0.485. The van der Waals surface area contributed by atoms with Crippen LogP contribution in [-0.4, -0.2) is 37.0 Å². The molecule has 0 aromatic rings. The molecule has 0 aromatic heterocycles. The molecule has 0 amide bonds. The van der Waals surface area contributed by atoms with Crippen molar-refractivity contribution in [2.45, 2.75) is 141 Å². The van der Waals surface area contributed by atoms with Gasteiger partial charge in [-0.2, -0.15) is 0 Å². The van der Waals surface area contributed by atoms with Crippen LogP contribution in [0.5, 0.6) is 0 Å². The first kappa shape index (κ1) is 21.5. The van der Waals surface area contributed by atoms with Gasteiger partial charge in [0.25, 0.3) is 0 Å². The second-order valence-electron chi connectivity index (χ2n) is 9.22. The zero-order chi connectivity index (χ0) is 19.1. The Morgan fingerprint density at radius 3 is 1.22 bits per heavy atom. The molecule has 4 heteroatoms. The lowest BCUT2D eigenvalue weighted by molar-refractivity contribution is -0.216. The Morgan fingerprint density at radius 2 is 0.815 bits per heavy atom. The third-order valence-corrected chi connectivity index (χ3v) is 6.67. The van der Waals surface area contributed by atoms with Crippen LogP contribution in [0, 0.1) is 5.92 Å². The van der Waals surface area contributed by atoms with Gasteiger partial charge in [-0.3, -0.25) is 0 Å². The van der Waals surface area contributed by atoms with Crippen molar-refractivity contribution in [3.8, 4) is 0 Å². The van der Waals surface area contributed by atoms with E-state index >= 15 is 0 Å². The molecule has 0 aliphatic heterocycles. The normalized spacial score (nSPS) is 35.7. The first-order chi connectivity index (χ1) is 13.1. The van der Waals surface area contributed by atoms with E-state index in [1.165, 1.54) is 57.8 Å². The fraction of sp³-hybridized carbons (Fsp3) is 1.00. The molecule has 27 heavy (non-hydrogen) atoms. The van der Waals surface area contributed by atoms with Crippen LogP contribution in [-0.2, 0) is 18.9 Å². The van der Waals surface area contributed by atoms with Crippen LogP contribution in [0.1, 0.15) is 104 Å². The second kappa shape index (κ2) is 11.1. The zero-order valence-corrected chi connectivity index (χ0v) is 17.9. The van der Waals surface area contributed by atoms with Crippen LogP contribution in [0.4, 0.5) is 0 Å². The fourth-order valence-electron chi connectivity index (χ4n) is 5.02. The molecule has 3 rings (SSSR count). The van der Waals surface area contributed by atoms with E-state index in [0.717, 1.165) is 31.6 Å². The Bertz CT molecular complexity index is 393. The number of hydrogen-bond acceptors (Lipinski definition) is 4. The monoisotopic (exact) mass is 382 g/mol. The molecular weight excluding hydrogens is 340 g/mol. The fourth-order valence-corrected chi connectivity index (χ4v) is 5.02. The van der Waals surface area contributed by atoms with E-state index in [0.29, 0.717) is 24.4 Å². The molecule has 2 unspecified atom stereocenters. The molecule has 0 N–H and O–H groups in total. The summed E-state index contributed by atoms with van der Waals surface area (Å²) in [7, 11) is 0. The number of ether oxygens (including phenoxy) is 4. The molecule has 3 fully saturated rings. The van der Waals surface area contributed by atoms with Crippen molar-refractivity contribution in [3.05, 3.63) is 0 Å². The minimum atomic E-state index is -0.0839. The summed E-state index contributed by atoms with van der Waals surface area (Å²) in [5.41, 5.74) is 0. The summed E-state index contributed by atoms with van der Waals surface area (Å²) in [6.07, 6.45) is 16.9. The standard InChI is InChI=1S/C23H42O4/c1-17-9-11-21(12-10-17)25-19(3)27-23-15-13-22(14-16-23)26-18(2)24-20-7-5-4-6-8-20/h17-23H,4-16H2,1-3H3. The molecule has 3 aliphatic rings. The van der Waals surface area contributed by atoms with Gasteiger partial charge in [0.05, 0.1) is 24.4 Å². The summed E-state index contributed by atoms with van der Waals surface area (Å²) in [6, 6.07) is 0. The van der Waals surface area contributed by atoms with Crippen molar-refractivity contribution < 1.29 is 18.9 Å². The maximum Gasteiger partial charge on any atom is 0.155 e. The van der Waals surface area contributed by atoms with Gasteiger partial charge in [0.15, 0.2) is 12.6 Å². The molecule has 3 saturated carbocycles. The Morgan fingerprint density at radius 1 is 0.481 bits per heavy atom. The predicted octanol–water partition coefficient (Wildman–Crippen LogP) is 5.97. The van der Waals surface area contributed by atoms with E-state index < -0.39 is 0 Å². The van der Waals surface area contributed by atoms with E-state index in [-0.39, 0.29) is 12.6 Å². The topological polar surface area (TPSA) is 36.9 Å². The lowest BCUT2D eigenvalue weighted by Crippen LogP contribution is -2.34. The van der Waals surface area contributed by atoms with Crippen LogP contribution in [0.15, 0.2) is 0 Å². The van der Waals surface area contributed by atoms with Gasteiger partial charge in [0, 0.05) is 0 Å². The first-order valence-corrected chi connectivity index (χ1v) is 11.7. The summed E-state index contributed by atoms with van der Waals surface area (Å²) in [4.78, 5) is 0. The highest BCUT2D eigenvalue weighted by Gasteiger charge is 2.27. The molecule has 4 nitrogen and oxygen atoms in total. The van der Waals surface area contributed by atoms with E-state index in [9.17, 15) is 0 Å². The lowest BCUT2D eigenvalue weighted by Gasteiger charge is -2.34. The molecule has 0 spiro atoms. The van der Waals surface area contributed by atoms with Gasteiger partial charge in [0.2, 0.25) is 0 Å². The van der Waals surface area contributed by atoms with Crippen LogP contribution in [0.2, 0.25) is 0 Å². The second-order valence-corrected chi connectivity index (χ2v) is 9.22. The van der Waals surface area contributed by atoms with Gasteiger partial charge in [-0.1, -0.05) is 26.2 Å². The van der Waals surface area contributed by atoms with Crippen molar-refractivity contribution in [2.75, 3.05) is 0 Å². The maximum atomic E-state index is 6.19. The zero-order valence-electron chi connectivity index (χ0n) is 17.9. The number of rotatable bonds is 8. The lowest BCUT2D eigenvalue weighted by atomic mass is 9.89. The average Bonchev–Trinajstić information content (AvgIpc) is 2.66. The van der Waals surface area contributed by atoms with Crippen molar-refractivity contribution in [2.24, 2.45) is 5.92 Å². The molecular formula is C23H42O4. The third kappa shape index (κ3) is 7.64. The van der Waals surface area contributed by atoms with Gasteiger partial charge in [-0.15, -0.1) is 0 Å². The highest BCUT2D eigenvalue weighted by molar-refractivity contribution is 4.75. The minimum Gasteiger partial charge on any atom is -0.350 e. The molecule has 0 bridgehead atoms. The van der Waals surface area contributed by atoms with Gasteiger partial charge >= 0.3 is 0 Å². The number of hydrogen-bond donors (Lipinski definition) is 0. The van der Waals surface area contributed by atoms with E-state index in [1.807, 2.05) is 0 Å². The van der Waals surface area contributed by atoms with E-state index in [2.05, 4.69) is 20.8 Å². The largest absolute Gasteiger partial charge is 0.350 e. The minimum absolute atomic E-state index is 0.0773. The first-order valence-electron chi connectivity index (χ1n) is 11.7. The predicted molar refractivity (Wildman–Crippen MR) is 108 cm³/mol.